The van der Waals surface area contributed by atoms with Crippen molar-refractivity contribution in [3.8, 4) is 0 Å². The molecule has 0 aromatic carbocycles. The highest BCUT2D eigenvalue weighted by atomic mass is 16.2. The van der Waals surface area contributed by atoms with Crippen molar-refractivity contribution in [3.05, 3.63) is 38.7 Å². The van der Waals surface area contributed by atoms with Gasteiger partial charge in [-0.25, -0.2) is 9.78 Å². The molecule has 0 atom stereocenters. The maximum atomic E-state index is 12.1. The van der Waals surface area contributed by atoms with Gasteiger partial charge in [0, 0.05) is 32.9 Å². The molecule has 0 bridgehead atoms. The fourth-order valence-corrected chi connectivity index (χ4v) is 1.93. The first-order chi connectivity index (χ1) is 8.91. The summed E-state index contributed by atoms with van der Waals surface area (Å²) in [5.41, 5.74) is 0.674. The summed E-state index contributed by atoms with van der Waals surface area (Å²) in [6.07, 6.45) is 1.69. The lowest BCUT2D eigenvalue weighted by Gasteiger charge is -2.10. The number of aryl methyl sites for hydroxylation is 1. The summed E-state index contributed by atoms with van der Waals surface area (Å²) in [6, 6.07) is 2.15. The van der Waals surface area contributed by atoms with Crippen LogP contribution in [-0.4, -0.2) is 20.2 Å². The molecule has 1 N–H and O–H groups in total. The molecule has 6 heteroatoms. The van der Waals surface area contributed by atoms with Crippen LogP contribution >= 0.6 is 0 Å². The first kappa shape index (κ1) is 13.5. The van der Waals surface area contributed by atoms with Crippen LogP contribution in [0.5, 0.6) is 0 Å². The van der Waals surface area contributed by atoms with E-state index in [0.29, 0.717) is 23.6 Å². The van der Waals surface area contributed by atoms with E-state index < -0.39 is 0 Å². The van der Waals surface area contributed by atoms with Crippen molar-refractivity contribution in [2.75, 3.05) is 0 Å². The molecule has 0 radical (unpaired) electrons. The van der Waals surface area contributed by atoms with Gasteiger partial charge in [0.2, 0.25) is 0 Å². The second-order valence-corrected chi connectivity index (χ2v) is 4.96. The quantitative estimate of drug-likeness (QED) is 0.853. The number of nitrogens with zero attached hydrogens (tertiary/aromatic N) is 3. The molecule has 2 aromatic heterocycles. The Morgan fingerprint density at radius 1 is 1.26 bits per heavy atom. The SMILES string of the molecule is CC(C)NCc1cnc2c(c1)c(=O)n(C)c(=O)n2C. The van der Waals surface area contributed by atoms with E-state index in [1.807, 2.05) is 0 Å². The molecule has 2 heterocycles. The molecule has 2 rings (SSSR count). The van der Waals surface area contributed by atoms with E-state index in [0.717, 1.165) is 10.1 Å². The van der Waals surface area contributed by atoms with Gasteiger partial charge in [0.1, 0.15) is 5.65 Å². The minimum atomic E-state index is -0.363. The third-order valence-electron chi connectivity index (χ3n) is 3.06. The van der Waals surface area contributed by atoms with Crippen LogP contribution in [0.25, 0.3) is 11.0 Å². The fourth-order valence-electron chi connectivity index (χ4n) is 1.93. The van der Waals surface area contributed by atoms with Crippen molar-refractivity contribution in [1.29, 1.82) is 0 Å². The van der Waals surface area contributed by atoms with E-state index in [1.165, 1.54) is 11.6 Å². The molecule has 19 heavy (non-hydrogen) atoms. The molecule has 0 fully saturated rings. The van der Waals surface area contributed by atoms with E-state index in [-0.39, 0.29) is 11.2 Å². The van der Waals surface area contributed by atoms with E-state index in [4.69, 9.17) is 0 Å². The molecule has 0 unspecified atom stereocenters. The lowest BCUT2D eigenvalue weighted by molar-refractivity contribution is 0.588. The summed E-state index contributed by atoms with van der Waals surface area (Å²) in [6.45, 7) is 4.75. The normalized spacial score (nSPS) is 11.4. The number of rotatable bonds is 3. The van der Waals surface area contributed by atoms with E-state index in [1.54, 1.807) is 19.3 Å². The summed E-state index contributed by atoms with van der Waals surface area (Å²) in [7, 11) is 3.09. The Bertz CT molecular complexity index is 728. The fraction of sp³-hybridized carbons (Fsp3) is 0.462. The first-order valence-corrected chi connectivity index (χ1v) is 6.20. The van der Waals surface area contributed by atoms with Crippen LogP contribution in [0.15, 0.2) is 21.9 Å². The minimum Gasteiger partial charge on any atom is -0.310 e. The van der Waals surface area contributed by atoms with Crippen LogP contribution in [-0.2, 0) is 20.6 Å². The molecule has 0 saturated heterocycles. The lowest BCUT2D eigenvalue weighted by Crippen LogP contribution is -2.37. The molecule has 0 aliphatic heterocycles. The average Bonchev–Trinajstić information content (AvgIpc) is 2.40. The molecule has 0 spiro atoms. The van der Waals surface area contributed by atoms with Crippen LogP contribution in [0, 0.1) is 0 Å². The number of pyridine rings is 1. The highest BCUT2D eigenvalue weighted by Crippen LogP contribution is 2.07. The second-order valence-electron chi connectivity index (χ2n) is 4.96. The topological polar surface area (TPSA) is 68.9 Å². The molecule has 0 aliphatic rings. The Balaban J connectivity index is 2.60. The van der Waals surface area contributed by atoms with Gasteiger partial charge in [-0.2, -0.15) is 0 Å². The summed E-state index contributed by atoms with van der Waals surface area (Å²) in [5, 5.41) is 3.73. The molecular weight excluding hydrogens is 244 g/mol. The third-order valence-corrected chi connectivity index (χ3v) is 3.06. The summed E-state index contributed by atoms with van der Waals surface area (Å²) in [5.74, 6) is 0. The van der Waals surface area contributed by atoms with E-state index in [2.05, 4.69) is 24.1 Å². The zero-order valence-electron chi connectivity index (χ0n) is 11.6. The van der Waals surface area contributed by atoms with Gasteiger partial charge in [-0.1, -0.05) is 13.8 Å². The van der Waals surface area contributed by atoms with Crippen molar-refractivity contribution < 1.29 is 0 Å². The molecule has 2 aromatic rings. The third kappa shape index (κ3) is 2.44. The van der Waals surface area contributed by atoms with Gasteiger partial charge in [-0.15, -0.1) is 0 Å². The van der Waals surface area contributed by atoms with Crippen LogP contribution in [0.1, 0.15) is 19.4 Å². The van der Waals surface area contributed by atoms with Crippen molar-refractivity contribution in [3.63, 3.8) is 0 Å². The van der Waals surface area contributed by atoms with Gasteiger partial charge in [-0.3, -0.25) is 13.9 Å². The van der Waals surface area contributed by atoms with Gasteiger partial charge in [0.15, 0.2) is 0 Å². The van der Waals surface area contributed by atoms with Crippen LogP contribution in [0.4, 0.5) is 0 Å². The maximum Gasteiger partial charge on any atom is 0.332 e. The summed E-state index contributed by atoms with van der Waals surface area (Å²) < 4.78 is 2.49. The number of nitrogens with one attached hydrogen (secondary N) is 1. The molecule has 102 valence electrons. The Morgan fingerprint density at radius 3 is 2.58 bits per heavy atom. The Morgan fingerprint density at radius 2 is 1.95 bits per heavy atom. The van der Waals surface area contributed by atoms with Crippen molar-refractivity contribution in [1.82, 2.24) is 19.4 Å². The smallest absolute Gasteiger partial charge is 0.310 e. The van der Waals surface area contributed by atoms with Gasteiger partial charge in [0.05, 0.1) is 5.39 Å². The standard InChI is InChI=1S/C13H18N4O2/c1-8(2)14-6-9-5-10-11(15-7-9)16(3)13(19)17(4)12(10)18/h5,7-8,14H,6H2,1-4H3. The zero-order valence-corrected chi connectivity index (χ0v) is 11.6. The number of fused-ring (bicyclic) bond motifs is 1. The second kappa shape index (κ2) is 4.97. The highest BCUT2D eigenvalue weighted by molar-refractivity contribution is 5.74. The monoisotopic (exact) mass is 262 g/mol. The highest BCUT2D eigenvalue weighted by Gasteiger charge is 2.10. The number of aromatic nitrogens is 3. The molecule has 0 saturated carbocycles. The Kier molecular flexibility index (Phi) is 3.53. The van der Waals surface area contributed by atoms with Crippen LogP contribution in [0.2, 0.25) is 0 Å². The molecule has 6 nitrogen and oxygen atoms in total. The van der Waals surface area contributed by atoms with E-state index in [9.17, 15) is 9.59 Å². The van der Waals surface area contributed by atoms with Gasteiger partial charge in [-0.05, 0) is 11.6 Å². The van der Waals surface area contributed by atoms with Gasteiger partial charge < -0.3 is 5.32 Å². The first-order valence-electron chi connectivity index (χ1n) is 6.20. The largest absolute Gasteiger partial charge is 0.332 e. The summed E-state index contributed by atoms with van der Waals surface area (Å²) >= 11 is 0. The minimum absolute atomic E-state index is 0.308. The number of hydrogen-bond donors (Lipinski definition) is 1. The van der Waals surface area contributed by atoms with Crippen molar-refractivity contribution in [2.24, 2.45) is 14.1 Å². The summed E-state index contributed by atoms with van der Waals surface area (Å²) in [4.78, 5) is 28.1. The molecule has 0 amide bonds. The Hall–Kier alpha value is -1.95. The van der Waals surface area contributed by atoms with Gasteiger partial charge >= 0.3 is 5.69 Å². The van der Waals surface area contributed by atoms with Crippen LogP contribution in [0.3, 0.4) is 0 Å². The zero-order chi connectivity index (χ0) is 14.2. The van der Waals surface area contributed by atoms with Crippen LogP contribution < -0.4 is 16.6 Å². The molecule has 0 aliphatic carbocycles. The predicted molar refractivity (Wildman–Crippen MR) is 74.2 cm³/mol. The van der Waals surface area contributed by atoms with E-state index >= 15 is 0 Å². The van der Waals surface area contributed by atoms with Crippen molar-refractivity contribution >= 4 is 11.0 Å². The van der Waals surface area contributed by atoms with Gasteiger partial charge in [0.25, 0.3) is 5.56 Å². The maximum absolute atomic E-state index is 12.1. The number of hydrogen-bond acceptors (Lipinski definition) is 4. The average molecular weight is 262 g/mol. The predicted octanol–water partition coefficient (Wildman–Crippen LogP) is 0.130. The Labute approximate surface area is 110 Å². The lowest BCUT2D eigenvalue weighted by atomic mass is 10.2. The van der Waals surface area contributed by atoms with Crippen molar-refractivity contribution in [2.45, 2.75) is 26.4 Å². The molecular formula is C13H18N4O2.